The lowest BCUT2D eigenvalue weighted by Crippen LogP contribution is -2.03. The zero-order valence-electron chi connectivity index (χ0n) is 12.9. The number of aromatic carboxylic acids is 1. The van der Waals surface area contributed by atoms with Crippen molar-refractivity contribution in [1.29, 1.82) is 0 Å². The molecule has 0 aliphatic rings. The minimum atomic E-state index is -0.962. The van der Waals surface area contributed by atoms with Gasteiger partial charge in [-0.15, -0.1) is 0 Å². The summed E-state index contributed by atoms with van der Waals surface area (Å²) in [7, 11) is 0. The van der Waals surface area contributed by atoms with Crippen LogP contribution in [0.5, 0.6) is 0 Å². The minimum absolute atomic E-state index is 0.256. The Kier molecular flexibility index (Phi) is 5.25. The molecule has 23 heavy (non-hydrogen) atoms. The van der Waals surface area contributed by atoms with Crippen molar-refractivity contribution in [2.75, 3.05) is 6.61 Å². The Morgan fingerprint density at radius 1 is 1.17 bits per heavy atom. The van der Waals surface area contributed by atoms with Crippen LogP contribution in [-0.2, 0) is 4.74 Å². The molecule has 1 N–H and O–H groups in total. The van der Waals surface area contributed by atoms with Crippen LogP contribution in [-0.4, -0.2) is 29.9 Å². The molecular formula is C18H17NO4. The Morgan fingerprint density at radius 2 is 1.87 bits per heavy atom. The van der Waals surface area contributed by atoms with Crippen LogP contribution < -0.4 is 0 Å². The fourth-order valence-corrected chi connectivity index (χ4v) is 2.07. The van der Waals surface area contributed by atoms with Crippen molar-refractivity contribution in [3.05, 3.63) is 64.7 Å². The fourth-order valence-electron chi connectivity index (χ4n) is 2.07. The first-order chi connectivity index (χ1) is 11.0. The largest absolute Gasteiger partial charge is 0.478 e. The Morgan fingerprint density at radius 3 is 2.48 bits per heavy atom. The first-order valence-electron chi connectivity index (χ1n) is 7.17. The molecule has 0 heterocycles. The van der Waals surface area contributed by atoms with Gasteiger partial charge in [-0.1, -0.05) is 12.1 Å². The summed E-state index contributed by atoms with van der Waals surface area (Å²) in [5, 5.41) is 9.11. The molecule has 0 radical (unpaired) electrons. The molecule has 0 unspecified atom stereocenters. The average Bonchev–Trinajstić information content (AvgIpc) is 2.54. The number of carbonyl (C=O) groups is 2. The maximum absolute atomic E-state index is 11.6. The minimum Gasteiger partial charge on any atom is -0.478 e. The van der Waals surface area contributed by atoms with Gasteiger partial charge in [-0.3, -0.25) is 4.99 Å². The number of benzene rings is 2. The molecule has 0 aromatic heterocycles. The molecule has 0 fully saturated rings. The first kappa shape index (κ1) is 16.4. The van der Waals surface area contributed by atoms with Crippen molar-refractivity contribution in [3.8, 4) is 0 Å². The van der Waals surface area contributed by atoms with Crippen LogP contribution in [0, 0.1) is 6.92 Å². The van der Waals surface area contributed by atoms with Gasteiger partial charge in [0.25, 0.3) is 0 Å². The third-order valence-corrected chi connectivity index (χ3v) is 3.34. The number of carbonyl (C=O) groups excluding carboxylic acids is 1. The SMILES string of the molecule is CCOC(=O)c1ccc(/N=C/c2cccc(C(=O)O)c2C)cc1. The maximum atomic E-state index is 11.6. The molecule has 0 bridgehead atoms. The highest BCUT2D eigenvalue weighted by atomic mass is 16.5. The number of carboxylic acid groups (broad SMARTS) is 1. The highest BCUT2D eigenvalue weighted by Crippen LogP contribution is 2.16. The van der Waals surface area contributed by atoms with Crippen LogP contribution in [0.15, 0.2) is 47.5 Å². The van der Waals surface area contributed by atoms with Crippen molar-refractivity contribution >= 4 is 23.8 Å². The van der Waals surface area contributed by atoms with Gasteiger partial charge in [-0.2, -0.15) is 0 Å². The van der Waals surface area contributed by atoms with Crippen LogP contribution >= 0.6 is 0 Å². The zero-order chi connectivity index (χ0) is 16.8. The molecule has 2 aromatic rings. The third kappa shape index (κ3) is 4.03. The fraction of sp³-hybridized carbons (Fsp3) is 0.167. The van der Waals surface area contributed by atoms with Crippen LogP contribution in [0.25, 0.3) is 0 Å². The highest BCUT2D eigenvalue weighted by Gasteiger charge is 2.09. The smallest absolute Gasteiger partial charge is 0.338 e. The predicted molar refractivity (Wildman–Crippen MR) is 87.8 cm³/mol. The van der Waals surface area contributed by atoms with Gasteiger partial charge in [0, 0.05) is 6.21 Å². The van der Waals surface area contributed by atoms with Crippen LogP contribution in [0.1, 0.15) is 38.8 Å². The van der Waals surface area contributed by atoms with Crippen molar-refractivity contribution in [2.24, 2.45) is 4.99 Å². The van der Waals surface area contributed by atoms with Crippen molar-refractivity contribution in [3.63, 3.8) is 0 Å². The molecular weight excluding hydrogens is 294 g/mol. The van der Waals surface area contributed by atoms with Gasteiger partial charge in [0.05, 0.1) is 23.4 Å². The Labute approximate surface area is 134 Å². The normalized spacial score (nSPS) is 10.7. The Hall–Kier alpha value is -2.95. The van der Waals surface area contributed by atoms with E-state index in [1.807, 2.05) is 0 Å². The van der Waals surface area contributed by atoms with Gasteiger partial charge in [0.1, 0.15) is 0 Å². The number of rotatable bonds is 5. The molecule has 5 heteroatoms. The Bertz CT molecular complexity index is 748. The Balaban J connectivity index is 2.19. The van der Waals surface area contributed by atoms with E-state index >= 15 is 0 Å². The van der Waals surface area contributed by atoms with Crippen LogP contribution in [0.3, 0.4) is 0 Å². The quantitative estimate of drug-likeness (QED) is 0.676. The van der Waals surface area contributed by atoms with E-state index in [1.54, 1.807) is 62.5 Å². The first-order valence-corrected chi connectivity index (χ1v) is 7.17. The lowest BCUT2D eigenvalue weighted by molar-refractivity contribution is 0.0526. The molecule has 0 saturated carbocycles. The standard InChI is InChI=1S/C18H17NO4/c1-3-23-18(22)13-7-9-15(10-8-13)19-11-14-5-4-6-16(12(14)2)17(20)21/h4-11H,3H2,1-2H3,(H,20,21)/b19-11+. The van der Waals surface area contributed by atoms with E-state index in [0.29, 0.717) is 23.4 Å². The number of carboxylic acids is 1. The summed E-state index contributed by atoms with van der Waals surface area (Å²) < 4.78 is 4.92. The number of esters is 1. The van der Waals surface area contributed by atoms with E-state index in [0.717, 1.165) is 5.56 Å². The number of aliphatic imine (C=N–C) groups is 1. The molecule has 118 valence electrons. The molecule has 0 aliphatic heterocycles. The molecule has 2 rings (SSSR count). The van der Waals surface area contributed by atoms with Gasteiger partial charge >= 0.3 is 11.9 Å². The molecule has 5 nitrogen and oxygen atoms in total. The van der Waals surface area contributed by atoms with Gasteiger partial charge in [-0.25, -0.2) is 9.59 Å². The summed E-state index contributed by atoms with van der Waals surface area (Å²) in [5.41, 5.74) is 2.78. The average molecular weight is 311 g/mol. The summed E-state index contributed by atoms with van der Waals surface area (Å²) in [4.78, 5) is 27.0. The number of nitrogens with zero attached hydrogens (tertiary/aromatic N) is 1. The van der Waals surface area contributed by atoms with Crippen LogP contribution in [0.4, 0.5) is 5.69 Å². The van der Waals surface area contributed by atoms with E-state index in [-0.39, 0.29) is 11.5 Å². The maximum Gasteiger partial charge on any atom is 0.338 e. The second-order valence-electron chi connectivity index (χ2n) is 4.85. The van der Waals surface area contributed by atoms with Crippen LogP contribution in [0.2, 0.25) is 0 Å². The molecule has 0 amide bonds. The number of hydrogen-bond donors (Lipinski definition) is 1. The summed E-state index contributed by atoms with van der Waals surface area (Å²) in [6.07, 6.45) is 1.61. The summed E-state index contributed by atoms with van der Waals surface area (Å²) in [6, 6.07) is 11.7. The summed E-state index contributed by atoms with van der Waals surface area (Å²) >= 11 is 0. The van der Waals surface area contributed by atoms with Gasteiger partial charge in [0.2, 0.25) is 0 Å². The molecule has 0 aliphatic carbocycles. The van der Waals surface area contributed by atoms with E-state index in [2.05, 4.69) is 4.99 Å². The number of ether oxygens (including phenoxy) is 1. The third-order valence-electron chi connectivity index (χ3n) is 3.34. The second kappa shape index (κ2) is 7.35. The molecule has 0 spiro atoms. The van der Waals surface area contributed by atoms with E-state index in [4.69, 9.17) is 9.84 Å². The summed E-state index contributed by atoms with van der Waals surface area (Å²) in [6.45, 7) is 3.83. The monoisotopic (exact) mass is 311 g/mol. The van der Waals surface area contributed by atoms with Crippen molar-refractivity contribution in [2.45, 2.75) is 13.8 Å². The van der Waals surface area contributed by atoms with Gasteiger partial charge in [0.15, 0.2) is 0 Å². The summed E-state index contributed by atoms with van der Waals surface area (Å²) in [5.74, 6) is -1.33. The number of hydrogen-bond acceptors (Lipinski definition) is 4. The predicted octanol–water partition coefficient (Wildman–Crippen LogP) is 3.62. The van der Waals surface area contributed by atoms with E-state index in [1.165, 1.54) is 0 Å². The lowest BCUT2D eigenvalue weighted by atomic mass is 10.0. The van der Waals surface area contributed by atoms with Crippen molar-refractivity contribution < 1.29 is 19.4 Å². The van der Waals surface area contributed by atoms with Gasteiger partial charge in [-0.05, 0) is 55.3 Å². The van der Waals surface area contributed by atoms with Crippen molar-refractivity contribution in [1.82, 2.24) is 0 Å². The molecule has 0 saturated heterocycles. The zero-order valence-corrected chi connectivity index (χ0v) is 12.9. The molecule has 2 aromatic carbocycles. The lowest BCUT2D eigenvalue weighted by Gasteiger charge is -2.04. The highest BCUT2D eigenvalue weighted by molar-refractivity contribution is 5.94. The topological polar surface area (TPSA) is 76.0 Å². The van der Waals surface area contributed by atoms with E-state index in [9.17, 15) is 9.59 Å². The van der Waals surface area contributed by atoms with Gasteiger partial charge < -0.3 is 9.84 Å². The van der Waals surface area contributed by atoms with E-state index < -0.39 is 5.97 Å². The molecule has 0 atom stereocenters. The second-order valence-corrected chi connectivity index (χ2v) is 4.85.